The van der Waals surface area contributed by atoms with Crippen LogP contribution >= 0.6 is 46.4 Å². The van der Waals surface area contributed by atoms with E-state index in [-0.39, 0.29) is 3.97 Å². The van der Waals surface area contributed by atoms with Gasteiger partial charge in [-0.15, -0.1) is 0 Å². The van der Waals surface area contributed by atoms with Crippen LogP contribution < -0.4 is 17.8 Å². The van der Waals surface area contributed by atoms with E-state index in [1.807, 2.05) is 0 Å². The molecule has 0 atom stereocenters. The van der Waals surface area contributed by atoms with Crippen molar-refractivity contribution < 1.29 is 79.0 Å². The third-order valence-electron chi connectivity index (χ3n) is 7.94. The summed E-state index contributed by atoms with van der Waals surface area (Å²) >= 11 is 26.2. The number of ketones is 2. The second-order valence-corrected chi connectivity index (χ2v) is 18.1. The van der Waals surface area contributed by atoms with Crippen LogP contribution in [-0.4, -0.2) is 70.6 Å². The van der Waals surface area contributed by atoms with Crippen molar-refractivity contribution in [2.75, 3.05) is 14.2 Å². The van der Waals surface area contributed by atoms with E-state index in [4.69, 9.17) is 55.9 Å². The van der Waals surface area contributed by atoms with E-state index in [1.54, 1.807) is 6.92 Å². The van der Waals surface area contributed by atoms with Gasteiger partial charge in [0.1, 0.15) is 44.0 Å². The Balaban J connectivity index is 1.80. The minimum absolute atomic E-state index is 0.240. The van der Waals surface area contributed by atoms with Crippen LogP contribution in [0.1, 0.15) is 37.7 Å². The summed E-state index contributed by atoms with van der Waals surface area (Å²) in [5.41, 5.74) is -14.8. The highest BCUT2D eigenvalue weighted by molar-refractivity contribution is 7.90. The summed E-state index contributed by atoms with van der Waals surface area (Å²) < 4.78 is 173. The number of ether oxygens (including phenoxy) is 2. The number of hydrogen-bond donors (Lipinski definition) is 0. The molecule has 0 saturated heterocycles. The third-order valence-corrected chi connectivity index (χ3v) is 13.3. The Kier molecular flexibility index (Phi) is 12.6. The van der Waals surface area contributed by atoms with Gasteiger partial charge in [-0.25, -0.2) is 12.4 Å². The Labute approximate surface area is 354 Å². The van der Waals surface area contributed by atoms with Crippen molar-refractivity contribution in [3.8, 4) is 28.7 Å². The van der Waals surface area contributed by atoms with Crippen LogP contribution in [0.15, 0.2) is 71.6 Å². The lowest BCUT2D eigenvalue weighted by molar-refractivity contribution is -0.0504. The molecule has 3 aromatic carbocycles. The van der Waals surface area contributed by atoms with Crippen molar-refractivity contribution >= 4 is 88.2 Å². The SMILES string of the molecule is COc1cc(OS(=O)(=O)C(F)(F)F)ccc1C(=O)c1cc(Cl)c(Cl)n1-c1c(Cl)c(Cl)n(S(=O)(=O)c2ccc(C)cc2)c1C(=O)c1ccc(OS(=O)(=O)C(F)(F)F)cc1OC. The lowest BCUT2D eigenvalue weighted by atomic mass is 10.0. The van der Waals surface area contributed by atoms with Crippen molar-refractivity contribution in [2.45, 2.75) is 22.8 Å². The first-order valence-electron chi connectivity index (χ1n) is 15.6. The zero-order valence-corrected chi connectivity index (χ0v) is 35.1. The number of rotatable bonds is 13. The van der Waals surface area contributed by atoms with E-state index < -0.39 is 129 Å². The summed E-state index contributed by atoms with van der Waals surface area (Å²) in [5, 5.41) is -2.79. The van der Waals surface area contributed by atoms with Crippen LogP contribution in [0, 0.1) is 6.92 Å². The molecule has 322 valence electrons. The lowest BCUT2D eigenvalue weighted by Crippen LogP contribution is -2.28. The summed E-state index contributed by atoms with van der Waals surface area (Å²) in [4.78, 5) is 28.5. The summed E-state index contributed by atoms with van der Waals surface area (Å²) in [6, 6.07) is 9.80. The van der Waals surface area contributed by atoms with E-state index in [0.29, 0.717) is 40.5 Å². The second-order valence-electron chi connectivity index (χ2n) is 11.7. The van der Waals surface area contributed by atoms with Crippen molar-refractivity contribution in [1.29, 1.82) is 0 Å². The number of carbonyl (C=O) groups is 2. The molecule has 60 heavy (non-hydrogen) atoms. The van der Waals surface area contributed by atoms with Crippen LogP contribution in [0.3, 0.4) is 0 Å². The van der Waals surface area contributed by atoms with Crippen LogP contribution in [0.2, 0.25) is 20.4 Å². The summed E-state index contributed by atoms with van der Waals surface area (Å²) in [7, 11) is -15.6. The zero-order valence-electron chi connectivity index (χ0n) is 29.6. The molecule has 27 heteroatoms. The fraction of sp³-hybridized carbons (Fsp3) is 0.152. The predicted molar refractivity (Wildman–Crippen MR) is 202 cm³/mol. The van der Waals surface area contributed by atoms with Gasteiger partial charge in [0.25, 0.3) is 10.0 Å². The van der Waals surface area contributed by atoms with Gasteiger partial charge < -0.3 is 17.8 Å². The van der Waals surface area contributed by atoms with Crippen LogP contribution in [0.5, 0.6) is 23.0 Å². The van der Waals surface area contributed by atoms with Gasteiger partial charge in [0.05, 0.1) is 46.6 Å². The van der Waals surface area contributed by atoms with E-state index >= 15 is 0 Å². The number of carbonyl (C=O) groups excluding carboxylic acids is 2. The standard InChI is InChI=1S/C33H20Cl4F6N2O12S3/c1-15-4-8-18(9-5-15)58(48,49)45-27(29(47)20-11-7-17(13-24(20)55-3)57-60(52,53)33(41,42)43)26(25(35)31(45)37)44-22(14-21(34)30(44)36)28(46)19-10-6-16(12-23(19)54-2)56-59(50,51)32(38,39)40/h4-14H,1-3H3. The maximum absolute atomic E-state index is 14.7. The number of hydrogen-bond acceptors (Lipinski definition) is 12. The maximum atomic E-state index is 14.7. The Morgan fingerprint density at radius 1 is 0.633 bits per heavy atom. The topological polar surface area (TPSA) is 183 Å². The predicted octanol–water partition coefficient (Wildman–Crippen LogP) is 8.37. The molecule has 2 aromatic heterocycles. The number of aryl methyl sites for hydroxylation is 1. The van der Waals surface area contributed by atoms with Crippen molar-refractivity contribution in [3.05, 3.63) is 115 Å². The van der Waals surface area contributed by atoms with Gasteiger partial charge in [0.2, 0.25) is 11.6 Å². The molecule has 0 aliphatic heterocycles. The summed E-state index contributed by atoms with van der Waals surface area (Å²) in [6.45, 7) is 1.62. The van der Waals surface area contributed by atoms with Gasteiger partial charge >= 0.3 is 31.3 Å². The van der Waals surface area contributed by atoms with E-state index in [1.165, 1.54) is 12.1 Å². The first-order valence-corrected chi connectivity index (χ1v) is 21.3. The molecule has 0 aliphatic carbocycles. The fourth-order valence-electron chi connectivity index (χ4n) is 5.21. The molecule has 0 spiro atoms. The molecular weight excluding hydrogens is 968 g/mol. The number of aromatic nitrogens is 2. The maximum Gasteiger partial charge on any atom is 0.534 e. The largest absolute Gasteiger partial charge is 0.534 e. The molecule has 0 amide bonds. The fourth-order valence-corrected chi connectivity index (χ4v) is 8.69. The Morgan fingerprint density at radius 3 is 1.52 bits per heavy atom. The molecule has 0 unspecified atom stereocenters. The minimum Gasteiger partial charge on any atom is -0.496 e. The second kappa shape index (κ2) is 16.3. The Hall–Kier alpha value is -4.65. The molecule has 2 heterocycles. The summed E-state index contributed by atoms with van der Waals surface area (Å²) in [5.74, 6) is -5.84. The number of halogens is 10. The monoisotopic (exact) mass is 986 g/mol. The Bertz CT molecular complexity index is 2920. The molecule has 0 bridgehead atoms. The Morgan fingerprint density at radius 2 is 1.08 bits per heavy atom. The quantitative estimate of drug-likeness (QED) is 0.0476. The minimum atomic E-state index is -6.23. The molecular formula is C33H20Cl4F6N2O12S3. The molecule has 14 nitrogen and oxygen atoms in total. The number of benzene rings is 3. The normalized spacial score (nSPS) is 12.6. The van der Waals surface area contributed by atoms with Crippen molar-refractivity contribution in [3.63, 3.8) is 0 Å². The smallest absolute Gasteiger partial charge is 0.496 e. The highest BCUT2D eigenvalue weighted by atomic mass is 35.5. The third kappa shape index (κ3) is 8.47. The lowest BCUT2D eigenvalue weighted by Gasteiger charge is -2.17. The molecule has 0 radical (unpaired) electrons. The zero-order chi connectivity index (χ0) is 45.1. The molecule has 0 N–H and O–H groups in total. The first-order chi connectivity index (χ1) is 27.6. The van der Waals surface area contributed by atoms with Crippen LogP contribution in [0.4, 0.5) is 26.3 Å². The number of nitrogens with zero attached hydrogens (tertiary/aromatic N) is 2. The van der Waals surface area contributed by atoms with E-state index in [9.17, 15) is 61.2 Å². The van der Waals surface area contributed by atoms with Gasteiger partial charge in [-0.3, -0.25) is 14.2 Å². The average Bonchev–Trinajstić information content (AvgIpc) is 3.59. The van der Waals surface area contributed by atoms with Gasteiger partial charge in [-0.05, 0) is 49.4 Å². The van der Waals surface area contributed by atoms with Crippen molar-refractivity contribution in [1.82, 2.24) is 8.54 Å². The molecule has 0 fully saturated rings. The average molecular weight is 989 g/mol. The summed E-state index contributed by atoms with van der Waals surface area (Å²) in [6.07, 6.45) is 0. The van der Waals surface area contributed by atoms with Crippen molar-refractivity contribution in [2.24, 2.45) is 0 Å². The van der Waals surface area contributed by atoms with Gasteiger partial charge in [0, 0.05) is 12.1 Å². The molecule has 0 saturated carbocycles. The first kappa shape index (κ1) is 46.4. The van der Waals surface area contributed by atoms with Gasteiger partial charge in [0.15, 0.2) is 0 Å². The van der Waals surface area contributed by atoms with Crippen LogP contribution in [0.25, 0.3) is 5.69 Å². The van der Waals surface area contributed by atoms with Gasteiger partial charge in [-0.1, -0.05) is 64.1 Å². The number of alkyl halides is 6. The molecule has 0 aliphatic rings. The highest BCUT2D eigenvalue weighted by Crippen LogP contribution is 2.44. The molecule has 5 rings (SSSR count). The van der Waals surface area contributed by atoms with Crippen LogP contribution in [-0.2, 0) is 30.3 Å². The highest BCUT2D eigenvalue weighted by Gasteiger charge is 2.49. The van der Waals surface area contributed by atoms with E-state index in [2.05, 4.69) is 8.37 Å². The van der Waals surface area contributed by atoms with E-state index in [0.717, 1.165) is 38.5 Å². The number of methoxy groups -OCH3 is 2. The van der Waals surface area contributed by atoms with Gasteiger partial charge in [-0.2, -0.15) is 43.2 Å². The molecule has 5 aromatic rings.